The Bertz CT molecular complexity index is 880. The molecule has 0 bridgehead atoms. The van der Waals surface area contributed by atoms with Crippen LogP contribution in [-0.4, -0.2) is 25.9 Å². The van der Waals surface area contributed by atoms with E-state index in [4.69, 9.17) is 0 Å². The fraction of sp³-hybridized carbons (Fsp3) is 0.368. The summed E-state index contributed by atoms with van der Waals surface area (Å²) in [6.45, 7) is 4.08. The van der Waals surface area contributed by atoms with Crippen molar-refractivity contribution in [3.05, 3.63) is 59.7 Å². The van der Waals surface area contributed by atoms with Gasteiger partial charge in [-0.25, -0.2) is 16.8 Å². The van der Waals surface area contributed by atoms with E-state index >= 15 is 0 Å². The Morgan fingerprint density at radius 3 is 1.22 bits per heavy atom. The van der Waals surface area contributed by atoms with E-state index in [-0.39, 0.29) is 21.6 Å². The zero-order valence-electron chi connectivity index (χ0n) is 15.2. The number of hydrogen-bond acceptors (Lipinski definition) is 6. The largest absolute Gasteiger partial charge is 0.744 e. The second-order valence-electron chi connectivity index (χ2n) is 6.78. The number of hydrogen-bond donors (Lipinski definition) is 0. The summed E-state index contributed by atoms with van der Waals surface area (Å²) in [7, 11) is -8.85. The molecule has 2 aromatic rings. The standard InChI is InChI=1S/C19H24O6S2/c1-14(16-6-10-18(11-7-16)26(20,21)22)4-3-5-15(2)17-8-12-19(13-9-17)27(23,24)25/h6-15H,3-5H2,1-2H3,(H,20,21,22)(H,23,24,25)/p-2. The molecule has 2 unspecified atom stereocenters. The lowest BCUT2D eigenvalue weighted by molar-refractivity contribution is 0.461. The normalized spacial score (nSPS) is 14.7. The van der Waals surface area contributed by atoms with Crippen LogP contribution in [0.15, 0.2) is 58.3 Å². The van der Waals surface area contributed by atoms with Crippen LogP contribution >= 0.6 is 0 Å². The lowest BCUT2D eigenvalue weighted by Crippen LogP contribution is -2.01. The smallest absolute Gasteiger partial charge is 0.124 e. The molecule has 148 valence electrons. The van der Waals surface area contributed by atoms with Crippen molar-refractivity contribution in [1.29, 1.82) is 0 Å². The predicted octanol–water partition coefficient (Wildman–Crippen LogP) is 3.57. The lowest BCUT2D eigenvalue weighted by atomic mass is 9.90. The van der Waals surface area contributed by atoms with E-state index in [1.165, 1.54) is 24.3 Å². The van der Waals surface area contributed by atoms with Gasteiger partial charge in [-0.2, -0.15) is 0 Å². The highest BCUT2D eigenvalue weighted by atomic mass is 32.2. The van der Waals surface area contributed by atoms with Crippen LogP contribution in [0.25, 0.3) is 0 Å². The summed E-state index contributed by atoms with van der Waals surface area (Å²) in [5.41, 5.74) is 1.94. The van der Waals surface area contributed by atoms with Crippen LogP contribution < -0.4 is 0 Å². The third-order valence-electron chi connectivity index (χ3n) is 4.75. The summed E-state index contributed by atoms with van der Waals surface area (Å²) in [5, 5.41) is 0. The van der Waals surface area contributed by atoms with Crippen molar-refractivity contribution in [1.82, 2.24) is 0 Å². The monoisotopic (exact) mass is 410 g/mol. The number of benzene rings is 2. The maximum atomic E-state index is 11.0. The summed E-state index contributed by atoms with van der Waals surface area (Å²) >= 11 is 0. The van der Waals surface area contributed by atoms with Crippen LogP contribution in [0.3, 0.4) is 0 Å². The summed E-state index contributed by atoms with van der Waals surface area (Å²) in [6, 6.07) is 12.0. The molecule has 0 fully saturated rings. The average Bonchev–Trinajstić information content (AvgIpc) is 2.60. The highest BCUT2D eigenvalue weighted by molar-refractivity contribution is 7.86. The van der Waals surface area contributed by atoms with Gasteiger partial charge in [-0.05, 0) is 60.1 Å². The Labute approximate surface area is 160 Å². The highest BCUT2D eigenvalue weighted by Crippen LogP contribution is 2.27. The molecule has 0 aromatic heterocycles. The summed E-state index contributed by atoms with van der Waals surface area (Å²) < 4.78 is 65.8. The zero-order valence-corrected chi connectivity index (χ0v) is 16.8. The molecule has 0 radical (unpaired) electrons. The molecule has 6 nitrogen and oxygen atoms in total. The molecule has 0 aliphatic carbocycles. The minimum Gasteiger partial charge on any atom is -0.744 e. The van der Waals surface area contributed by atoms with E-state index < -0.39 is 20.2 Å². The number of rotatable bonds is 8. The summed E-state index contributed by atoms with van der Waals surface area (Å²) in [5.74, 6) is 0.433. The fourth-order valence-electron chi connectivity index (χ4n) is 2.99. The van der Waals surface area contributed by atoms with Gasteiger partial charge in [-0.3, -0.25) is 0 Å². The first-order valence-electron chi connectivity index (χ1n) is 8.60. The van der Waals surface area contributed by atoms with E-state index in [2.05, 4.69) is 0 Å². The van der Waals surface area contributed by atoms with E-state index in [9.17, 15) is 25.9 Å². The molecule has 8 heteroatoms. The van der Waals surface area contributed by atoms with Crippen LogP contribution in [0.1, 0.15) is 56.1 Å². The molecule has 0 aliphatic rings. The molecule has 2 rings (SSSR count). The summed E-state index contributed by atoms with van der Waals surface area (Å²) in [6.07, 6.45) is 2.70. The Hall–Kier alpha value is -1.74. The van der Waals surface area contributed by atoms with Crippen molar-refractivity contribution in [2.75, 3.05) is 0 Å². The first-order valence-corrected chi connectivity index (χ1v) is 11.4. The van der Waals surface area contributed by atoms with Crippen LogP contribution in [0.5, 0.6) is 0 Å². The fourth-order valence-corrected chi connectivity index (χ4v) is 3.93. The van der Waals surface area contributed by atoms with Crippen molar-refractivity contribution in [2.45, 2.75) is 54.7 Å². The second kappa shape index (κ2) is 8.52. The van der Waals surface area contributed by atoms with E-state index in [1.807, 2.05) is 13.8 Å². The predicted molar refractivity (Wildman–Crippen MR) is 99.5 cm³/mol. The Morgan fingerprint density at radius 2 is 0.963 bits per heavy atom. The van der Waals surface area contributed by atoms with Crippen molar-refractivity contribution < 1.29 is 25.9 Å². The lowest BCUT2D eigenvalue weighted by Gasteiger charge is -2.16. The van der Waals surface area contributed by atoms with Crippen LogP contribution in [0.4, 0.5) is 0 Å². The molecular formula is C19H22O6S2-2. The Balaban J connectivity index is 1.89. The minimum atomic E-state index is -4.42. The van der Waals surface area contributed by atoms with Gasteiger partial charge in [0.15, 0.2) is 0 Å². The third-order valence-corrected chi connectivity index (χ3v) is 6.45. The van der Waals surface area contributed by atoms with Gasteiger partial charge in [-0.1, -0.05) is 44.5 Å². The first-order chi connectivity index (χ1) is 12.5. The molecule has 2 atom stereocenters. The van der Waals surface area contributed by atoms with Gasteiger partial charge >= 0.3 is 0 Å². The van der Waals surface area contributed by atoms with Crippen molar-refractivity contribution in [3.8, 4) is 0 Å². The Kier molecular flexibility index (Phi) is 6.80. The third kappa shape index (κ3) is 6.14. The average molecular weight is 411 g/mol. The van der Waals surface area contributed by atoms with Gasteiger partial charge in [0.1, 0.15) is 20.2 Å². The molecule has 0 saturated carbocycles. The molecule has 0 aliphatic heterocycles. The second-order valence-corrected chi connectivity index (χ2v) is 9.54. The maximum Gasteiger partial charge on any atom is 0.124 e. The van der Waals surface area contributed by atoms with Crippen molar-refractivity contribution in [2.24, 2.45) is 0 Å². The molecule has 2 aromatic carbocycles. The van der Waals surface area contributed by atoms with Gasteiger partial charge in [0.25, 0.3) is 0 Å². The van der Waals surface area contributed by atoms with Gasteiger partial charge in [0, 0.05) is 0 Å². The van der Waals surface area contributed by atoms with Gasteiger partial charge in [0.2, 0.25) is 0 Å². The van der Waals surface area contributed by atoms with Gasteiger partial charge in [0.05, 0.1) is 9.79 Å². The topological polar surface area (TPSA) is 114 Å². The maximum absolute atomic E-state index is 11.0. The molecule has 0 saturated heterocycles. The molecule has 0 amide bonds. The van der Waals surface area contributed by atoms with Crippen LogP contribution in [0.2, 0.25) is 0 Å². The van der Waals surface area contributed by atoms with Crippen molar-refractivity contribution >= 4 is 20.2 Å². The molecule has 27 heavy (non-hydrogen) atoms. The molecular weight excluding hydrogens is 388 g/mol. The van der Waals surface area contributed by atoms with Gasteiger partial charge < -0.3 is 9.11 Å². The molecule has 0 spiro atoms. The van der Waals surface area contributed by atoms with Crippen LogP contribution in [-0.2, 0) is 20.2 Å². The van der Waals surface area contributed by atoms with E-state index in [0.717, 1.165) is 30.4 Å². The zero-order chi connectivity index (χ0) is 20.2. The Morgan fingerprint density at radius 1 is 0.667 bits per heavy atom. The summed E-state index contributed by atoms with van der Waals surface area (Å²) in [4.78, 5) is -0.453. The van der Waals surface area contributed by atoms with Crippen molar-refractivity contribution in [3.63, 3.8) is 0 Å². The molecule has 0 heterocycles. The molecule has 0 N–H and O–H groups in total. The highest BCUT2D eigenvalue weighted by Gasteiger charge is 2.11. The van der Waals surface area contributed by atoms with E-state index in [0.29, 0.717) is 0 Å². The quantitative estimate of drug-likeness (QED) is 0.615. The van der Waals surface area contributed by atoms with Gasteiger partial charge in [-0.15, -0.1) is 0 Å². The SMILES string of the molecule is CC(CCCC(C)c1ccc(S(=O)(=O)[O-])cc1)c1ccc(S(=O)(=O)[O-])cc1. The van der Waals surface area contributed by atoms with Crippen LogP contribution in [0, 0.1) is 0 Å². The van der Waals surface area contributed by atoms with E-state index in [1.54, 1.807) is 24.3 Å². The first kappa shape index (κ1) is 21.6. The minimum absolute atomic E-state index is 0.216.